The van der Waals surface area contributed by atoms with Gasteiger partial charge in [-0.05, 0) is 12.1 Å². The lowest BCUT2D eigenvalue weighted by Crippen LogP contribution is -2.13. The van der Waals surface area contributed by atoms with Crippen molar-refractivity contribution in [3.63, 3.8) is 0 Å². The lowest BCUT2D eigenvalue weighted by atomic mass is 10.2. The smallest absolute Gasteiger partial charge is 0.344 e. The molecule has 1 N–H and O–H groups in total. The van der Waals surface area contributed by atoms with Gasteiger partial charge in [0.1, 0.15) is 5.75 Å². The number of benzene rings is 1. The van der Waals surface area contributed by atoms with Gasteiger partial charge in [-0.3, -0.25) is 0 Å². The topological polar surface area (TPSA) is 95.7 Å². The SMILES string of the molecule is COC(=O)COc1nc(-c2cccc(OC)c2)n(O)n1. The van der Waals surface area contributed by atoms with Gasteiger partial charge in [-0.1, -0.05) is 22.1 Å². The molecule has 20 heavy (non-hydrogen) atoms. The van der Waals surface area contributed by atoms with E-state index >= 15 is 0 Å². The molecular weight excluding hydrogens is 266 g/mol. The second-order valence-corrected chi connectivity index (χ2v) is 3.70. The van der Waals surface area contributed by atoms with Crippen LogP contribution in [0.1, 0.15) is 0 Å². The Morgan fingerprint density at radius 2 is 2.20 bits per heavy atom. The molecule has 0 amide bonds. The molecule has 0 spiro atoms. The second-order valence-electron chi connectivity index (χ2n) is 3.70. The first-order chi connectivity index (χ1) is 9.63. The van der Waals surface area contributed by atoms with E-state index < -0.39 is 5.97 Å². The molecule has 8 heteroatoms. The average Bonchev–Trinajstić information content (AvgIpc) is 2.86. The third kappa shape index (κ3) is 2.97. The highest BCUT2D eigenvalue weighted by molar-refractivity contribution is 5.70. The Morgan fingerprint density at radius 3 is 2.90 bits per heavy atom. The van der Waals surface area contributed by atoms with Crippen molar-refractivity contribution >= 4 is 5.97 Å². The van der Waals surface area contributed by atoms with Gasteiger partial charge in [0.15, 0.2) is 6.61 Å². The molecule has 1 heterocycles. The molecule has 0 fully saturated rings. The molecule has 0 unspecified atom stereocenters. The summed E-state index contributed by atoms with van der Waals surface area (Å²) in [5.74, 6) is 0.216. The summed E-state index contributed by atoms with van der Waals surface area (Å²) >= 11 is 0. The summed E-state index contributed by atoms with van der Waals surface area (Å²) in [7, 11) is 2.78. The minimum absolute atomic E-state index is 0.129. The number of methoxy groups -OCH3 is 2. The van der Waals surface area contributed by atoms with Crippen molar-refractivity contribution < 1.29 is 24.2 Å². The third-order valence-electron chi connectivity index (χ3n) is 2.45. The molecule has 106 valence electrons. The summed E-state index contributed by atoms with van der Waals surface area (Å²) < 4.78 is 14.5. The van der Waals surface area contributed by atoms with Crippen LogP contribution >= 0.6 is 0 Å². The molecule has 0 aliphatic carbocycles. The summed E-state index contributed by atoms with van der Waals surface area (Å²) in [6, 6.07) is 6.79. The molecular formula is C12H13N3O5. The maximum Gasteiger partial charge on any atom is 0.344 e. The third-order valence-corrected chi connectivity index (χ3v) is 2.45. The summed E-state index contributed by atoms with van der Waals surface area (Å²) in [6.07, 6.45) is 0. The Bertz CT molecular complexity index is 611. The molecule has 0 saturated heterocycles. The molecule has 1 aromatic carbocycles. The normalized spacial score (nSPS) is 10.1. The lowest BCUT2D eigenvalue weighted by Gasteiger charge is -2.02. The van der Waals surface area contributed by atoms with Crippen molar-refractivity contribution in [2.45, 2.75) is 0 Å². The highest BCUT2D eigenvalue weighted by Crippen LogP contribution is 2.23. The van der Waals surface area contributed by atoms with Crippen LogP contribution in [-0.2, 0) is 9.53 Å². The van der Waals surface area contributed by atoms with Crippen LogP contribution in [-0.4, -0.2) is 46.9 Å². The Hall–Kier alpha value is -2.77. The Balaban J connectivity index is 2.20. The largest absolute Gasteiger partial charge is 0.497 e. The van der Waals surface area contributed by atoms with Crippen LogP contribution in [0.15, 0.2) is 24.3 Å². The van der Waals surface area contributed by atoms with Gasteiger partial charge in [-0.25, -0.2) is 4.79 Å². The Labute approximate surface area is 114 Å². The van der Waals surface area contributed by atoms with Crippen molar-refractivity contribution in [2.75, 3.05) is 20.8 Å². The lowest BCUT2D eigenvalue weighted by molar-refractivity contribution is -0.143. The Morgan fingerprint density at radius 1 is 1.40 bits per heavy atom. The van der Waals surface area contributed by atoms with Gasteiger partial charge in [-0.15, -0.1) is 0 Å². The van der Waals surface area contributed by atoms with Crippen molar-refractivity contribution in [1.82, 2.24) is 14.9 Å². The molecule has 0 bridgehead atoms. The van der Waals surface area contributed by atoms with Crippen molar-refractivity contribution in [3.05, 3.63) is 24.3 Å². The summed E-state index contributed by atoms with van der Waals surface area (Å²) in [5.41, 5.74) is 0.590. The van der Waals surface area contributed by atoms with Crippen LogP contribution < -0.4 is 9.47 Å². The quantitative estimate of drug-likeness (QED) is 0.637. The van der Waals surface area contributed by atoms with E-state index in [1.165, 1.54) is 14.2 Å². The van der Waals surface area contributed by atoms with E-state index in [-0.39, 0.29) is 18.4 Å². The van der Waals surface area contributed by atoms with Crippen LogP contribution in [0.2, 0.25) is 0 Å². The average molecular weight is 279 g/mol. The number of ether oxygens (including phenoxy) is 3. The molecule has 1 aromatic heterocycles. The van der Waals surface area contributed by atoms with Gasteiger partial charge in [0, 0.05) is 5.56 Å². The zero-order chi connectivity index (χ0) is 14.5. The van der Waals surface area contributed by atoms with Crippen molar-refractivity contribution in [1.29, 1.82) is 0 Å². The minimum Gasteiger partial charge on any atom is -0.497 e. The number of hydrogen-bond acceptors (Lipinski definition) is 7. The van der Waals surface area contributed by atoms with E-state index in [4.69, 9.17) is 9.47 Å². The fourth-order valence-corrected chi connectivity index (χ4v) is 1.47. The summed E-state index contributed by atoms with van der Waals surface area (Å²) in [6.45, 7) is -0.335. The molecule has 2 rings (SSSR count). The van der Waals surface area contributed by atoms with Crippen molar-refractivity contribution in [3.8, 4) is 23.1 Å². The number of rotatable bonds is 5. The van der Waals surface area contributed by atoms with Crippen LogP contribution in [0.4, 0.5) is 0 Å². The minimum atomic E-state index is -0.567. The number of nitrogens with zero attached hydrogens (tertiary/aromatic N) is 3. The summed E-state index contributed by atoms with van der Waals surface area (Å²) in [4.78, 5) is 15.5. The highest BCUT2D eigenvalue weighted by Gasteiger charge is 2.14. The van der Waals surface area contributed by atoms with Gasteiger partial charge in [0.25, 0.3) is 0 Å². The number of aromatic nitrogens is 3. The molecule has 8 nitrogen and oxygen atoms in total. The summed E-state index contributed by atoms with van der Waals surface area (Å²) in [5, 5.41) is 13.3. The zero-order valence-electron chi connectivity index (χ0n) is 10.9. The number of carbonyl (C=O) groups is 1. The predicted molar refractivity (Wildman–Crippen MR) is 66.7 cm³/mol. The molecule has 0 saturated carbocycles. The van der Waals surface area contributed by atoms with E-state index in [0.29, 0.717) is 16.2 Å². The first kappa shape index (κ1) is 13.7. The van der Waals surface area contributed by atoms with Gasteiger partial charge >= 0.3 is 12.0 Å². The maximum absolute atomic E-state index is 10.9. The number of esters is 1. The molecule has 2 aromatic rings. The fraction of sp³-hybridized carbons (Fsp3) is 0.250. The van der Waals surface area contributed by atoms with Gasteiger partial charge in [-0.2, -0.15) is 4.98 Å². The van der Waals surface area contributed by atoms with Crippen LogP contribution in [0, 0.1) is 0 Å². The van der Waals surface area contributed by atoms with Gasteiger partial charge in [0.2, 0.25) is 5.82 Å². The highest BCUT2D eigenvalue weighted by atomic mass is 16.6. The van der Waals surface area contributed by atoms with E-state index in [2.05, 4.69) is 14.8 Å². The first-order valence-electron chi connectivity index (χ1n) is 5.64. The molecule has 0 aliphatic rings. The molecule has 0 atom stereocenters. The molecule has 0 radical (unpaired) electrons. The maximum atomic E-state index is 10.9. The fourth-order valence-electron chi connectivity index (χ4n) is 1.47. The van der Waals surface area contributed by atoms with E-state index in [0.717, 1.165) is 0 Å². The Kier molecular flexibility index (Phi) is 4.04. The van der Waals surface area contributed by atoms with Crippen LogP contribution in [0.5, 0.6) is 11.8 Å². The van der Waals surface area contributed by atoms with E-state index in [9.17, 15) is 10.0 Å². The number of carbonyl (C=O) groups excluding carboxylic acids is 1. The monoisotopic (exact) mass is 279 g/mol. The van der Waals surface area contributed by atoms with Crippen molar-refractivity contribution in [2.24, 2.45) is 0 Å². The predicted octanol–water partition coefficient (Wildman–Crippen LogP) is 0.743. The van der Waals surface area contributed by atoms with E-state index in [1.807, 2.05) is 0 Å². The zero-order valence-corrected chi connectivity index (χ0v) is 10.9. The van der Waals surface area contributed by atoms with Gasteiger partial charge in [0.05, 0.1) is 14.2 Å². The van der Waals surface area contributed by atoms with Crippen LogP contribution in [0.25, 0.3) is 11.4 Å². The molecule has 0 aliphatic heterocycles. The van der Waals surface area contributed by atoms with E-state index in [1.54, 1.807) is 24.3 Å². The van der Waals surface area contributed by atoms with Crippen LogP contribution in [0.3, 0.4) is 0 Å². The first-order valence-corrected chi connectivity index (χ1v) is 5.64. The second kappa shape index (κ2) is 5.91. The van der Waals surface area contributed by atoms with Gasteiger partial charge < -0.3 is 19.4 Å². The standard InChI is InChI=1S/C12H13N3O5/c1-18-9-5-3-4-8(6-9)11-13-12(14-15(11)17)20-7-10(16)19-2/h3-6,17H,7H2,1-2H3. The number of hydrogen-bond donors (Lipinski definition) is 1.